The van der Waals surface area contributed by atoms with Gasteiger partial charge in [0.05, 0.1) is 32.5 Å². The van der Waals surface area contributed by atoms with Gasteiger partial charge in [-0.2, -0.15) is 0 Å². The van der Waals surface area contributed by atoms with Gasteiger partial charge < -0.3 is 44.5 Å². The summed E-state index contributed by atoms with van der Waals surface area (Å²) in [5, 5.41) is 53.7. The van der Waals surface area contributed by atoms with E-state index in [0.717, 1.165) is 22.1 Å². The Morgan fingerprint density at radius 3 is 2.26 bits per heavy atom. The molecule has 214 valence electrons. The minimum Gasteiger partial charge on any atom is -0.497 e. The highest BCUT2D eigenvalue weighted by Gasteiger charge is 2.49. The fourth-order valence-electron chi connectivity index (χ4n) is 5.18. The van der Waals surface area contributed by atoms with Gasteiger partial charge >= 0.3 is 0 Å². The summed E-state index contributed by atoms with van der Waals surface area (Å²) >= 11 is 0. The van der Waals surface area contributed by atoms with E-state index in [1.807, 2.05) is 43.3 Å². The van der Waals surface area contributed by atoms with Crippen molar-refractivity contribution >= 4 is 22.6 Å². The first-order valence-corrected chi connectivity index (χ1v) is 13.2. The summed E-state index contributed by atoms with van der Waals surface area (Å²) < 4.78 is 22.5. The second-order valence-corrected chi connectivity index (χ2v) is 10.4. The van der Waals surface area contributed by atoms with Crippen molar-refractivity contribution in [2.24, 2.45) is 11.8 Å². The third-order valence-electron chi connectivity index (χ3n) is 7.91. The predicted octanol–water partition coefficient (Wildman–Crippen LogP) is 1.04. The standard InChI is InChI=1S/C29H38O10/c1-15-16(2)25(33)29(38-23(15)13-30)39-28-24(14-31)37-22(26(34)27(28)35)12-20(32)8-5-17-4-6-19-11-21(36-3)9-7-18(19)10-17/h4-11,15-16,22-31,33-35H,12-14H2,1-3H3/b8-5+/t15-,16?,22-,23?,24?,25?,26?,27?,28+,29-/m0/s1. The zero-order valence-corrected chi connectivity index (χ0v) is 22.3. The molecule has 2 saturated heterocycles. The maximum atomic E-state index is 12.7. The zero-order valence-electron chi connectivity index (χ0n) is 22.3. The van der Waals surface area contributed by atoms with E-state index in [9.17, 15) is 30.3 Å². The molecule has 2 aromatic carbocycles. The van der Waals surface area contributed by atoms with Crippen LogP contribution < -0.4 is 4.74 Å². The Labute approximate surface area is 227 Å². The van der Waals surface area contributed by atoms with E-state index >= 15 is 0 Å². The van der Waals surface area contributed by atoms with Crippen molar-refractivity contribution in [3.63, 3.8) is 0 Å². The molecule has 2 aliphatic heterocycles. The van der Waals surface area contributed by atoms with Crippen molar-refractivity contribution in [1.29, 1.82) is 0 Å². The smallest absolute Gasteiger partial charge is 0.184 e. The third-order valence-corrected chi connectivity index (χ3v) is 7.91. The van der Waals surface area contributed by atoms with E-state index in [0.29, 0.717) is 0 Å². The number of benzene rings is 2. The van der Waals surface area contributed by atoms with Gasteiger partial charge in [0.25, 0.3) is 0 Å². The van der Waals surface area contributed by atoms with Crippen molar-refractivity contribution in [3.8, 4) is 5.75 Å². The molecule has 2 fully saturated rings. The van der Waals surface area contributed by atoms with Gasteiger partial charge in [-0.25, -0.2) is 0 Å². The molecule has 0 aliphatic carbocycles. The molecule has 10 nitrogen and oxygen atoms in total. The summed E-state index contributed by atoms with van der Waals surface area (Å²) in [7, 11) is 1.61. The number of carbonyl (C=O) groups is 1. The lowest BCUT2D eigenvalue weighted by molar-refractivity contribution is -0.329. The molecule has 10 heteroatoms. The quantitative estimate of drug-likeness (QED) is 0.288. The van der Waals surface area contributed by atoms with Crippen LogP contribution in [0.5, 0.6) is 5.75 Å². The number of aliphatic hydroxyl groups is 5. The number of rotatable bonds is 9. The minimum absolute atomic E-state index is 0.141. The predicted molar refractivity (Wildman–Crippen MR) is 142 cm³/mol. The molecule has 2 heterocycles. The van der Waals surface area contributed by atoms with E-state index in [1.54, 1.807) is 20.1 Å². The van der Waals surface area contributed by atoms with E-state index in [-0.39, 0.29) is 30.6 Å². The van der Waals surface area contributed by atoms with Crippen LogP contribution in [0.3, 0.4) is 0 Å². The monoisotopic (exact) mass is 546 g/mol. The van der Waals surface area contributed by atoms with Gasteiger partial charge in [0.15, 0.2) is 12.1 Å². The molecular weight excluding hydrogens is 508 g/mol. The molecule has 6 unspecified atom stereocenters. The lowest BCUT2D eigenvalue weighted by Gasteiger charge is -2.47. The van der Waals surface area contributed by atoms with Gasteiger partial charge in [0, 0.05) is 6.42 Å². The average Bonchev–Trinajstić information content (AvgIpc) is 2.95. The lowest BCUT2D eigenvalue weighted by Crippen LogP contribution is -2.62. The van der Waals surface area contributed by atoms with Crippen molar-refractivity contribution < 1.29 is 49.3 Å². The van der Waals surface area contributed by atoms with Crippen LogP contribution in [0.25, 0.3) is 16.8 Å². The highest BCUT2D eigenvalue weighted by molar-refractivity contribution is 5.95. The number of carbonyl (C=O) groups excluding carboxylic acids is 1. The van der Waals surface area contributed by atoms with Crippen LogP contribution in [0, 0.1) is 11.8 Å². The summed E-state index contributed by atoms with van der Waals surface area (Å²) in [6.45, 7) is 2.80. The molecular formula is C29H38O10. The third kappa shape index (κ3) is 6.50. The molecule has 0 saturated carbocycles. The molecule has 0 amide bonds. The number of aliphatic hydroxyl groups excluding tert-OH is 5. The van der Waals surface area contributed by atoms with Crippen molar-refractivity contribution in [3.05, 3.63) is 48.0 Å². The summed E-state index contributed by atoms with van der Waals surface area (Å²) in [6.07, 6.45) is -6.45. The van der Waals surface area contributed by atoms with Crippen molar-refractivity contribution in [2.45, 2.75) is 69.3 Å². The van der Waals surface area contributed by atoms with E-state index < -0.39 is 55.6 Å². The zero-order chi connectivity index (χ0) is 28.3. The average molecular weight is 547 g/mol. The SMILES string of the molecule is COc1ccc2cc(/C=C/C(=O)C[C@@H]3OC(CO)[C@@H](O[C@@H]4OC(CO)[C@@H](C)C(C)C4O)C(O)C3O)ccc2c1. The molecule has 0 radical (unpaired) electrons. The fourth-order valence-corrected chi connectivity index (χ4v) is 5.18. The first-order valence-electron chi connectivity index (χ1n) is 13.2. The first kappa shape index (κ1) is 29.6. The Morgan fingerprint density at radius 2 is 1.56 bits per heavy atom. The van der Waals surface area contributed by atoms with Crippen LogP contribution in [0.2, 0.25) is 0 Å². The Kier molecular flexibility index (Phi) is 9.73. The Balaban J connectivity index is 1.39. The second-order valence-electron chi connectivity index (χ2n) is 10.4. The van der Waals surface area contributed by atoms with E-state index in [4.69, 9.17) is 18.9 Å². The Bertz CT molecular complexity index is 1150. The van der Waals surface area contributed by atoms with E-state index in [2.05, 4.69) is 0 Å². The fraction of sp³-hybridized carbons (Fsp3) is 0.552. The van der Waals surface area contributed by atoms with E-state index in [1.165, 1.54) is 6.08 Å². The highest BCUT2D eigenvalue weighted by Crippen LogP contribution is 2.34. The number of hydrogen-bond acceptors (Lipinski definition) is 10. The molecule has 2 aromatic rings. The number of methoxy groups -OCH3 is 1. The molecule has 39 heavy (non-hydrogen) atoms. The van der Waals surface area contributed by atoms with Crippen LogP contribution in [-0.4, -0.2) is 101 Å². The lowest BCUT2D eigenvalue weighted by atomic mass is 9.83. The Hall–Kier alpha value is -2.41. The van der Waals surface area contributed by atoms with Crippen LogP contribution in [0.1, 0.15) is 25.8 Å². The van der Waals surface area contributed by atoms with Crippen molar-refractivity contribution in [2.75, 3.05) is 20.3 Å². The maximum absolute atomic E-state index is 12.7. The summed E-state index contributed by atoms with van der Waals surface area (Å²) in [5.41, 5.74) is 0.809. The molecule has 0 bridgehead atoms. The number of ether oxygens (including phenoxy) is 4. The summed E-state index contributed by atoms with van der Waals surface area (Å²) in [4.78, 5) is 12.7. The largest absolute Gasteiger partial charge is 0.497 e. The number of ketones is 1. The summed E-state index contributed by atoms with van der Waals surface area (Å²) in [6, 6.07) is 11.4. The number of fused-ring (bicyclic) bond motifs is 1. The van der Waals surface area contributed by atoms with Crippen LogP contribution >= 0.6 is 0 Å². The van der Waals surface area contributed by atoms with Crippen LogP contribution in [0.4, 0.5) is 0 Å². The van der Waals surface area contributed by atoms with Gasteiger partial charge in [0.2, 0.25) is 0 Å². The molecule has 4 rings (SSSR count). The van der Waals surface area contributed by atoms with Crippen molar-refractivity contribution in [1.82, 2.24) is 0 Å². The molecule has 2 aliphatic rings. The van der Waals surface area contributed by atoms with Crippen LogP contribution in [0.15, 0.2) is 42.5 Å². The first-order chi connectivity index (χ1) is 18.7. The normalized spacial score (nSPS) is 35.4. The van der Waals surface area contributed by atoms with Gasteiger partial charge in [-0.1, -0.05) is 38.1 Å². The Morgan fingerprint density at radius 1 is 0.872 bits per heavy atom. The minimum atomic E-state index is -1.52. The number of hydrogen-bond donors (Lipinski definition) is 5. The van der Waals surface area contributed by atoms with Gasteiger partial charge in [0.1, 0.15) is 36.3 Å². The molecule has 0 spiro atoms. The molecule has 0 aromatic heterocycles. The molecule has 5 N–H and O–H groups in total. The van der Waals surface area contributed by atoms with Gasteiger partial charge in [-0.05, 0) is 52.4 Å². The number of allylic oxidation sites excluding steroid dienone is 1. The van der Waals surface area contributed by atoms with Gasteiger partial charge in [-0.15, -0.1) is 0 Å². The summed E-state index contributed by atoms with van der Waals surface area (Å²) in [5.74, 6) is 0.00145. The topological polar surface area (TPSA) is 155 Å². The van der Waals surface area contributed by atoms with Gasteiger partial charge in [-0.3, -0.25) is 4.79 Å². The molecule has 10 atom stereocenters. The maximum Gasteiger partial charge on any atom is 0.184 e. The second kappa shape index (κ2) is 12.8. The van der Waals surface area contributed by atoms with Crippen LogP contribution in [-0.2, 0) is 19.0 Å². The highest BCUT2D eigenvalue weighted by atomic mass is 16.7.